The molecule has 1 N–H and O–H groups in total. The number of rotatable bonds is 10. The van der Waals surface area contributed by atoms with E-state index in [1.54, 1.807) is 23.5 Å². The number of methoxy groups -OCH3 is 1. The summed E-state index contributed by atoms with van der Waals surface area (Å²) in [6.07, 6.45) is 6.37. The third kappa shape index (κ3) is 6.25. The van der Waals surface area contributed by atoms with E-state index in [4.69, 9.17) is 9.26 Å². The number of carbonyl (C=O) groups excluding carboxylic acids is 1. The Balaban J connectivity index is 1.31. The van der Waals surface area contributed by atoms with Crippen LogP contribution in [0.1, 0.15) is 30.7 Å². The van der Waals surface area contributed by atoms with Crippen molar-refractivity contribution in [1.29, 1.82) is 0 Å². The SMILES string of the molecule is COc1ccc(/C=C/C(=O)NCCCCCc2nc(-c3cccs3)no2)cc1F. The molecule has 0 atom stereocenters. The molecule has 0 spiro atoms. The maximum absolute atomic E-state index is 13.6. The van der Waals surface area contributed by atoms with Gasteiger partial charge in [0.25, 0.3) is 0 Å². The number of ether oxygens (including phenoxy) is 1. The molecular weight excluding hydrogens is 393 g/mol. The number of carbonyl (C=O) groups is 1. The largest absolute Gasteiger partial charge is 0.494 e. The van der Waals surface area contributed by atoms with Crippen LogP contribution in [-0.4, -0.2) is 29.7 Å². The first-order chi connectivity index (χ1) is 14.2. The van der Waals surface area contributed by atoms with Gasteiger partial charge in [-0.2, -0.15) is 4.98 Å². The molecule has 0 unspecified atom stereocenters. The predicted octanol–water partition coefficient (Wildman–Crippen LogP) is 4.49. The summed E-state index contributed by atoms with van der Waals surface area (Å²) in [4.78, 5) is 17.2. The monoisotopic (exact) mass is 415 g/mol. The zero-order valence-corrected chi connectivity index (χ0v) is 16.9. The van der Waals surface area contributed by atoms with E-state index in [1.165, 1.54) is 25.3 Å². The van der Waals surface area contributed by atoms with Gasteiger partial charge < -0.3 is 14.6 Å². The van der Waals surface area contributed by atoms with Crippen LogP contribution in [0.25, 0.3) is 16.8 Å². The zero-order valence-electron chi connectivity index (χ0n) is 16.1. The molecule has 0 bridgehead atoms. The molecule has 6 nitrogen and oxygen atoms in total. The second-order valence-corrected chi connectivity index (χ2v) is 7.27. The molecule has 0 aliphatic heterocycles. The molecule has 0 radical (unpaired) electrons. The Morgan fingerprint density at radius 1 is 1.31 bits per heavy atom. The van der Waals surface area contributed by atoms with Gasteiger partial charge in [0, 0.05) is 19.0 Å². The lowest BCUT2D eigenvalue weighted by Crippen LogP contribution is -2.22. The average molecular weight is 415 g/mol. The summed E-state index contributed by atoms with van der Waals surface area (Å²) in [6.45, 7) is 0.574. The predicted molar refractivity (Wildman–Crippen MR) is 110 cm³/mol. The van der Waals surface area contributed by atoms with E-state index in [1.807, 2.05) is 17.5 Å². The van der Waals surface area contributed by atoms with Crippen LogP contribution < -0.4 is 10.1 Å². The highest BCUT2D eigenvalue weighted by Gasteiger charge is 2.09. The van der Waals surface area contributed by atoms with E-state index < -0.39 is 5.82 Å². The number of nitrogens with zero attached hydrogens (tertiary/aromatic N) is 2. The van der Waals surface area contributed by atoms with Crippen molar-refractivity contribution < 1.29 is 18.4 Å². The minimum Gasteiger partial charge on any atom is -0.494 e. The molecule has 0 aliphatic rings. The highest BCUT2D eigenvalue weighted by atomic mass is 32.1. The molecule has 0 saturated carbocycles. The number of benzene rings is 1. The van der Waals surface area contributed by atoms with Crippen molar-refractivity contribution in [2.75, 3.05) is 13.7 Å². The first kappa shape index (κ1) is 20.7. The molecule has 152 valence electrons. The van der Waals surface area contributed by atoms with Crippen molar-refractivity contribution in [2.45, 2.75) is 25.7 Å². The molecule has 0 saturated heterocycles. The van der Waals surface area contributed by atoms with E-state index in [2.05, 4.69) is 15.5 Å². The second kappa shape index (κ2) is 10.5. The number of amides is 1. The maximum atomic E-state index is 13.6. The van der Waals surface area contributed by atoms with Gasteiger partial charge in [0.1, 0.15) is 0 Å². The van der Waals surface area contributed by atoms with E-state index >= 15 is 0 Å². The van der Waals surface area contributed by atoms with Gasteiger partial charge in [-0.1, -0.05) is 23.7 Å². The summed E-state index contributed by atoms with van der Waals surface area (Å²) in [6, 6.07) is 8.45. The first-order valence-corrected chi connectivity index (χ1v) is 10.2. The van der Waals surface area contributed by atoms with Gasteiger partial charge in [-0.15, -0.1) is 11.3 Å². The fraction of sp³-hybridized carbons (Fsp3) is 0.286. The fourth-order valence-electron chi connectivity index (χ4n) is 2.67. The van der Waals surface area contributed by atoms with Crippen molar-refractivity contribution in [1.82, 2.24) is 15.5 Å². The Kier molecular flexibility index (Phi) is 7.52. The lowest BCUT2D eigenvalue weighted by molar-refractivity contribution is -0.116. The number of hydrogen-bond acceptors (Lipinski definition) is 6. The Bertz CT molecular complexity index is 954. The van der Waals surface area contributed by atoms with E-state index in [0.717, 1.165) is 30.6 Å². The maximum Gasteiger partial charge on any atom is 0.243 e. The molecule has 29 heavy (non-hydrogen) atoms. The normalized spacial score (nSPS) is 11.1. The summed E-state index contributed by atoms with van der Waals surface area (Å²) in [5, 5.41) is 8.78. The molecule has 1 aromatic carbocycles. The van der Waals surface area contributed by atoms with Crippen LogP contribution in [0.5, 0.6) is 5.75 Å². The van der Waals surface area contributed by atoms with Gasteiger partial charge in [0.15, 0.2) is 11.6 Å². The standard InChI is InChI=1S/C21H22FN3O3S/c1-27-17-10-8-15(14-16(17)22)9-11-19(26)23-12-4-2-3-7-20-24-21(25-28-20)18-6-5-13-29-18/h5-6,8-11,13-14H,2-4,7,12H2,1H3,(H,23,26)/b11-9+. The lowest BCUT2D eigenvalue weighted by atomic mass is 10.2. The molecule has 0 fully saturated rings. The zero-order chi connectivity index (χ0) is 20.5. The van der Waals surface area contributed by atoms with Crippen LogP contribution in [0.15, 0.2) is 46.3 Å². The van der Waals surface area contributed by atoms with E-state index in [0.29, 0.717) is 23.8 Å². The topological polar surface area (TPSA) is 77.2 Å². The van der Waals surface area contributed by atoms with E-state index in [9.17, 15) is 9.18 Å². The molecule has 8 heteroatoms. The average Bonchev–Trinajstić information content (AvgIpc) is 3.41. The van der Waals surface area contributed by atoms with Crippen molar-refractivity contribution >= 4 is 23.3 Å². The Morgan fingerprint density at radius 3 is 2.97 bits per heavy atom. The number of nitrogens with one attached hydrogen (secondary N) is 1. The quantitative estimate of drug-likeness (QED) is 0.390. The highest BCUT2D eigenvalue weighted by molar-refractivity contribution is 7.13. The summed E-state index contributed by atoms with van der Waals surface area (Å²) in [7, 11) is 1.41. The van der Waals surface area contributed by atoms with Gasteiger partial charge in [-0.3, -0.25) is 4.79 Å². The van der Waals surface area contributed by atoms with Gasteiger partial charge >= 0.3 is 0 Å². The number of aromatic nitrogens is 2. The van der Waals surface area contributed by atoms with Gasteiger partial charge in [0.05, 0.1) is 12.0 Å². The summed E-state index contributed by atoms with van der Waals surface area (Å²) in [5.74, 6) is 0.769. The van der Waals surface area contributed by atoms with Crippen LogP contribution >= 0.6 is 11.3 Å². The summed E-state index contributed by atoms with van der Waals surface area (Å²) >= 11 is 1.58. The molecule has 3 aromatic rings. The number of unbranched alkanes of at least 4 members (excludes halogenated alkanes) is 2. The van der Waals surface area contributed by atoms with Crippen molar-refractivity contribution in [3.8, 4) is 16.5 Å². The third-order valence-electron chi connectivity index (χ3n) is 4.18. The smallest absolute Gasteiger partial charge is 0.243 e. The van der Waals surface area contributed by atoms with Crippen molar-refractivity contribution in [2.24, 2.45) is 0 Å². The third-order valence-corrected chi connectivity index (χ3v) is 5.05. The first-order valence-electron chi connectivity index (χ1n) is 9.31. The van der Waals surface area contributed by atoms with Crippen molar-refractivity contribution in [3.63, 3.8) is 0 Å². The van der Waals surface area contributed by atoms with Crippen LogP contribution in [0.4, 0.5) is 4.39 Å². The van der Waals surface area contributed by atoms with Gasteiger partial charge in [-0.25, -0.2) is 4.39 Å². The summed E-state index contributed by atoms with van der Waals surface area (Å²) < 4.78 is 23.7. The molecule has 0 aliphatic carbocycles. The lowest BCUT2D eigenvalue weighted by Gasteiger charge is -2.03. The number of aryl methyl sites for hydroxylation is 1. The fourth-order valence-corrected chi connectivity index (χ4v) is 3.32. The second-order valence-electron chi connectivity index (χ2n) is 6.32. The van der Waals surface area contributed by atoms with Gasteiger partial charge in [0.2, 0.25) is 17.6 Å². The number of thiophene rings is 1. The molecule has 2 aromatic heterocycles. The molecule has 2 heterocycles. The van der Waals surface area contributed by atoms with Crippen LogP contribution in [0.2, 0.25) is 0 Å². The Labute approximate surface area is 172 Å². The minimum atomic E-state index is -0.459. The molecular formula is C21H22FN3O3S. The minimum absolute atomic E-state index is 0.176. The van der Waals surface area contributed by atoms with Crippen LogP contribution in [0, 0.1) is 5.82 Å². The number of hydrogen-bond donors (Lipinski definition) is 1. The molecule has 1 amide bonds. The summed E-state index contributed by atoms with van der Waals surface area (Å²) in [5.41, 5.74) is 0.597. The highest BCUT2D eigenvalue weighted by Crippen LogP contribution is 2.21. The van der Waals surface area contributed by atoms with Crippen LogP contribution in [0.3, 0.4) is 0 Å². The van der Waals surface area contributed by atoms with E-state index in [-0.39, 0.29) is 11.7 Å². The van der Waals surface area contributed by atoms with Gasteiger partial charge in [-0.05, 0) is 48.1 Å². The van der Waals surface area contributed by atoms with Crippen LogP contribution in [-0.2, 0) is 11.2 Å². The van der Waals surface area contributed by atoms with Crippen molar-refractivity contribution in [3.05, 3.63) is 59.1 Å². The number of halogens is 1. The Morgan fingerprint density at radius 2 is 2.21 bits per heavy atom. The molecule has 3 rings (SSSR count). The Hall–Kier alpha value is -3.00.